The van der Waals surface area contributed by atoms with Gasteiger partial charge in [0, 0.05) is 12.1 Å². The number of hydrogen-bond donors (Lipinski definition) is 2. The van der Waals surface area contributed by atoms with Gasteiger partial charge in [0.15, 0.2) is 5.82 Å². The zero-order chi connectivity index (χ0) is 13.2. The van der Waals surface area contributed by atoms with Gasteiger partial charge < -0.3 is 15.0 Å². The second kappa shape index (κ2) is 4.57. The molecule has 0 unspecified atom stereocenters. The lowest BCUT2D eigenvalue weighted by Gasteiger charge is -2.08. The Bertz CT molecular complexity index is 637. The Morgan fingerprint density at radius 1 is 1.39 bits per heavy atom. The van der Waals surface area contributed by atoms with Gasteiger partial charge in [0.25, 0.3) is 10.0 Å². The van der Waals surface area contributed by atoms with Crippen LogP contribution in [0.4, 0.5) is 11.5 Å². The van der Waals surface area contributed by atoms with Crippen molar-refractivity contribution in [3.63, 3.8) is 0 Å². The smallest absolute Gasteiger partial charge is 0.263 e. The summed E-state index contributed by atoms with van der Waals surface area (Å²) in [4.78, 5) is 0.0246. The zero-order valence-electron chi connectivity index (χ0n) is 9.45. The number of anilines is 2. The van der Waals surface area contributed by atoms with E-state index in [1.165, 1.54) is 37.6 Å². The first kappa shape index (κ1) is 12.2. The third kappa shape index (κ3) is 2.38. The average molecular weight is 269 g/mol. The summed E-state index contributed by atoms with van der Waals surface area (Å²) in [6.45, 7) is 0. The Kier molecular flexibility index (Phi) is 3.11. The van der Waals surface area contributed by atoms with Crippen molar-refractivity contribution >= 4 is 21.5 Å². The fourth-order valence-electron chi connectivity index (χ4n) is 1.32. The van der Waals surface area contributed by atoms with Gasteiger partial charge in [0.1, 0.15) is 12.0 Å². The summed E-state index contributed by atoms with van der Waals surface area (Å²) in [5, 5.41) is 3.47. The fourth-order valence-corrected chi connectivity index (χ4v) is 2.33. The maximum Gasteiger partial charge on any atom is 0.263 e. The van der Waals surface area contributed by atoms with E-state index in [-0.39, 0.29) is 16.5 Å². The SMILES string of the molecule is COc1cc(S(=O)(=O)Nc2ccon2)ccc1N. The van der Waals surface area contributed by atoms with E-state index in [1.54, 1.807) is 0 Å². The third-order valence-electron chi connectivity index (χ3n) is 2.19. The molecule has 96 valence electrons. The summed E-state index contributed by atoms with van der Waals surface area (Å²) < 4.78 is 35.7. The predicted molar refractivity (Wildman–Crippen MR) is 64.7 cm³/mol. The molecule has 0 radical (unpaired) electrons. The first-order valence-corrected chi connectivity index (χ1v) is 6.38. The van der Waals surface area contributed by atoms with Crippen molar-refractivity contribution in [3.8, 4) is 5.75 Å². The Labute approximate surface area is 104 Å². The second-order valence-corrected chi connectivity index (χ2v) is 5.08. The molecule has 0 aliphatic rings. The number of nitrogens with two attached hydrogens (primary N) is 1. The van der Waals surface area contributed by atoms with E-state index >= 15 is 0 Å². The van der Waals surface area contributed by atoms with Gasteiger partial charge in [0.05, 0.1) is 17.7 Å². The van der Waals surface area contributed by atoms with Gasteiger partial charge in [-0.25, -0.2) is 8.42 Å². The maximum absolute atomic E-state index is 12.0. The molecule has 0 aliphatic heterocycles. The number of nitrogen functional groups attached to an aromatic ring is 1. The first-order chi connectivity index (χ1) is 8.53. The van der Waals surface area contributed by atoms with Gasteiger partial charge in [-0.05, 0) is 12.1 Å². The molecule has 3 N–H and O–H groups in total. The van der Waals surface area contributed by atoms with E-state index < -0.39 is 10.0 Å². The van der Waals surface area contributed by atoms with Crippen LogP contribution in [0.25, 0.3) is 0 Å². The first-order valence-electron chi connectivity index (χ1n) is 4.89. The number of hydrogen-bond acceptors (Lipinski definition) is 6. The highest BCUT2D eigenvalue weighted by molar-refractivity contribution is 7.92. The van der Waals surface area contributed by atoms with Crippen LogP contribution in [0.15, 0.2) is 39.9 Å². The number of ether oxygens (including phenoxy) is 1. The molecule has 2 rings (SSSR count). The van der Waals surface area contributed by atoms with Crippen LogP contribution in [0.5, 0.6) is 5.75 Å². The summed E-state index contributed by atoms with van der Waals surface area (Å²) in [6, 6.07) is 5.56. The minimum Gasteiger partial charge on any atom is -0.495 e. The van der Waals surface area contributed by atoms with Gasteiger partial charge in [-0.2, -0.15) is 0 Å². The topological polar surface area (TPSA) is 107 Å². The van der Waals surface area contributed by atoms with Crippen molar-refractivity contribution in [2.75, 3.05) is 17.6 Å². The third-order valence-corrected chi connectivity index (χ3v) is 3.54. The van der Waals surface area contributed by atoms with Crippen LogP contribution in [0.3, 0.4) is 0 Å². The van der Waals surface area contributed by atoms with Crippen molar-refractivity contribution in [1.82, 2.24) is 5.16 Å². The number of rotatable bonds is 4. The average Bonchev–Trinajstić information content (AvgIpc) is 2.81. The van der Waals surface area contributed by atoms with Gasteiger partial charge in [-0.3, -0.25) is 4.72 Å². The molecule has 1 heterocycles. The Hall–Kier alpha value is -2.22. The summed E-state index contributed by atoms with van der Waals surface area (Å²) >= 11 is 0. The van der Waals surface area contributed by atoms with E-state index in [9.17, 15) is 8.42 Å². The highest BCUT2D eigenvalue weighted by atomic mass is 32.2. The van der Waals surface area contributed by atoms with E-state index in [4.69, 9.17) is 10.5 Å². The number of nitrogens with zero attached hydrogens (tertiary/aromatic N) is 1. The van der Waals surface area contributed by atoms with Crippen molar-refractivity contribution in [1.29, 1.82) is 0 Å². The molecule has 0 spiro atoms. The van der Waals surface area contributed by atoms with Crippen LogP contribution in [-0.4, -0.2) is 20.7 Å². The second-order valence-electron chi connectivity index (χ2n) is 3.39. The van der Waals surface area contributed by atoms with Crippen LogP contribution < -0.4 is 15.2 Å². The number of benzene rings is 1. The largest absolute Gasteiger partial charge is 0.495 e. The highest BCUT2D eigenvalue weighted by Crippen LogP contribution is 2.25. The molecule has 18 heavy (non-hydrogen) atoms. The predicted octanol–water partition coefficient (Wildman–Crippen LogP) is 1.07. The Morgan fingerprint density at radius 2 is 2.17 bits per heavy atom. The Balaban J connectivity index is 2.35. The van der Waals surface area contributed by atoms with Crippen LogP contribution >= 0.6 is 0 Å². The van der Waals surface area contributed by atoms with E-state index in [0.29, 0.717) is 5.69 Å². The van der Waals surface area contributed by atoms with Gasteiger partial charge >= 0.3 is 0 Å². The molecule has 8 heteroatoms. The molecule has 0 saturated carbocycles. The monoisotopic (exact) mass is 269 g/mol. The molecule has 1 aromatic carbocycles. The number of sulfonamides is 1. The number of nitrogens with one attached hydrogen (secondary N) is 1. The van der Waals surface area contributed by atoms with E-state index in [1.807, 2.05) is 0 Å². The van der Waals surface area contributed by atoms with Crippen LogP contribution in [-0.2, 0) is 10.0 Å². The molecule has 0 atom stereocenters. The van der Waals surface area contributed by atoms with Crippen molar-refractivity contribution < 1.29 is 17.7 Å². The molecule has 0 saturated heterocycles. The normalized spacial score (nSPS) is 11.2. The zero-order valence-corrected chi connectivity index (χ0v) is 10.3. The molecule has 1 aromatic heterocycles. The molecule has 0 fully saturated rings. The van der Waals surface area contributed by atoms with Crippen LogP contribution in [0.2, 0.25) is 0 Å². The Morgan fingerprint density at radius 3 is 2.78 bits per heavy atom. The van der Waals surface area contributed by atoms with Crippen molar-refractivity contribution in [2.45, 2.75) is 4.90 Å². The lowest BCUT2D eigenvalue weighted by atomic mass is 10.3. The summed E-state index contributed by atoms with van der Waals surface area (Å²) in [5.74, 6) is 0.392. The molecular formula is C10H11N3O4S. The minimum atomic E-state index is -3.74. The molecule has 0 amide bonds. The van der Waals surface area contributed by atoms with Gasteiger partial charge in [0.2, 0.25) is 0 Å². The highest BCUT2D eigenvalue weighted by Gasteiger charge is 2.17. The number of aromatic nitrogens is 1. The van der Waals surface area contributed by atoms with Crippen molar-refractivity contribution in [3.05, 3.63) is 30.5 Å². The molecule has 7 nitrogen and oxygen atoms in total. The maximum atomic E-state index is 12.0. The van der Waals surface area contributed by atoms with E-state index in [0.717, 1.165) is 0 Å². The summed E-state index contributed by atoms with van der Waals surface area (Å²) in [5.41, 5.74) is 5.97. The fraction of sp³-hybridized carbons (Fsp3) is 0.100. The lowest BCUT2D eigenvalue weighted by molar-refractivity contribution is 0.415. The van der Waals surface area contributed by atoms with Crippen LogP contribution in [0.1, 0.15) is 0 Å². The van der Waals surface area contributed by atoms with Gasteiger partial charge in [-0.15, -0.1) is 0 Å². The standard InChI is InChI=1S/C10H11N3O4S/c1-16-9-6-7(2-3-8(9)11)18(14,15)13-10-4-5-17-12-10/h2-6H,11H2,1H3,(H,12,13). The minimum absolute atomic E-state index is 0.0246. The lowest BCUT2D eigenvalue weighted by Crippen LogP contribution is -2.13. The number of methoxy groups -OCH3 is 1. The molecule has 2 aromatic rings. The summed E-state index contributed by atoms with van der Waals surface area (Å²) in [7, 11) is -2.33. The van der Waals surface area contributed by atoms with Crippen molar-refractivity contribution in [2.24, 2.45) is 0 Å². The quantitative estimate of drug-likeness (QED) is 0.804. The molecule has 0 aliphatic carbocycles. The molecule has 0 bridgehead atoms. The molecular weight excluding hydrogens is 258 g/mol. The van der Waals surface area contributed by atoms with Gasteiger partial charge in [-0.1, -0.05) is 5.16 Å². The summed E-state index contributed by atoms with van der Waals surface area (Å²) in [6.07, 6.45) is 1.27. The van der Waals surface area contributed by atoms with E-state index in [2.05, 4.69) is 14.4 Å². The van der Waals surface area contributed by atoms with Crippen LogP contribution in [0, 0.1) is 0 Å².